The number of carboxylic acids is 1. The van der Waals surface area contributed by atoms with Crippen molar-refractivity contribution in [3.8, 4) is 0 Å². The normalized spacial score (nSPS) is 24.3. The molecule has 0 bridgehead atoms. The number of ether oxygens (including phenoxy) is 1. The molecule has 0 saturated carbocycles. The van der Waals surface area contributed by atoms with Gasteiger partial charge in [0.2, 0.25) is 0 Å². The standard InChI is InChI=1S/C17H24N4O4/c1-11-3-6-15(19-18-11)20(2)12-7-9-21(10-8-12)16(22)13-4-5-14(25-13)17(23)24/h3,6,12-14H,4-5,7-10H2,1-2H3,(H,23,24)/t13-,14+/m0/s1. The first kappa shape index (κ1) is 17.6. The molecule has 0 aliphatic carbocycles. The van der Waals surface area contributed by atoms with E-state index >= 15 is 0 Å². The van der Waals surface area contributed by atoms with Crippen LogP contribution in [-0.4, -0.2) is 70.5 Å². The molecule has 8 nitrogen and oxygen atoms in total. The van der Waals surface area contributed by atoms with Crippen LogP contribution in [0.2, 0.25) is 0 Å². The van der Waals surface area contributed by atoms with Crippen LogP contribution in [0.5, 0.6) is 0 Å². The topological polar surface area (TPSA) is 95.9 Å². The fraction of sp³-hybridized carbons (Fsp3) is 0.647. The van der Waals surface area contributed by atoms with Crippen molar-refractivity contribution in [1.82, 2.24) is 15.1 Å². The first-order chi connectivity index (χ1) is 12.0. The number of anilines is 1. The lowest BCUT2D eigenvalue weighted by molar-refractivity contribution is -0.155. The van der Waals surface area contributed by atoms with E-state index < -0.39 is 18.2 Å². The number of hydrogen-bond acceptors (Lipinski definition) is 6. The fourth-order valence-corrected chi connectivity index (χ4v) is 3.44. The minimum atomic E-state index is -0.991. The van der Waals surface area contributed by atoms with Crippen molar-refractivity contribution in [3.63, 3.8) is 0 Å². The summed E-state index contributed by atoms with van der Waals surface area (Å²) in [7, 11) is 2.00. The third-order valence-corrected chi connectivity index (χ3v) is 5.04. The number of rotatable bonds is 4. The Hall–Kier alpha value is -2.22. The maximum Gasteiger partial charge on any atom is 0.332 e. The third-order valence-electron chi connectivity index (χ3n) is 5.04. The van der Waals surface area contributed by atoms with Crippen molar-refractivity contribution in [2.75, 3.05) is 25.0 Å². The van der Waals surface area contributed by atoms with Crippen LogP contribution < -0.4 is 4.90 Å². The molecule has 2 saturated heterocycles. The van der Waals surface area contributed by atoms with Gasteiger partial charge in [-0.1, -0.05) is 0 Å². The van der Waals surface area contributed by atoms with Gasteiger partial charge in [-0.25, -0.2) is 4.79 Å². The number of carboxylic acid groups (broad SMARTS) is 1. The second kappa shape index (κ2) is 7.35. The van der Waals surface area contributed by atoms with Gasteiger partial charge in [-0.05, 0) is 44.7 Å². The summed E-state index contributed by atoms with van der Waals surface area (Å²) in [5.41, 5.74) is 0.883. The Balaban J connectivity index is 1.52. The molecule has 0 aromatic carbocycles. The number of piperidine rings is 1. The van der Waals surface area contributed by atoms with Gasteiger partial charge < -0.3 is 19.6 Å². The summed E-state index contributed by atoms with van der Waals surface area (Å²) in [6, 6.07) is 4.20. The van der Waals surface area contributed by atoms with Crippen LogP contribution in [-0.2, 0) is 14.3 Å². The summed E-state index contributed by atoms with van der Waals surface area (Å²) < 4.78 is 5.37. The Kier molecular flexibility index (Phi) is 5.17. The quantitative estimate of drug-likeness (QED) is 0.861. The predicted octanol–water partition coefficient (Wildman–Crippen LogP) is 0.844. The van der Waals surface area contributed by atoms with Gasteiger partial charge >= 0.3 is 5.97 Å². The molecule has 3 rings (SSSR count). The highest BCUT2D eigenvalue weighted by molar-refractivity contribution is 5.82. The van der Waals surface area contributed by atoms with Gasteiger partial charge in [-0.2, -0.15) is 5.10 Å². The van der Waals surface area contributed by atoms with Crippen LogP contribution >= 0.6 is 0 Å². The van der Waals surface area contributed by atoms with E-state index in [0.717, 1.165) is 24.4 Å². The fourth-order valence-electron chi connectivity index (χ4n) is 3.44. The molecule has 1 N–H and O–H groups in total. The summed E-state index contributed by atoms with van der Waals surface area (Å²) in [6.07, 6.45) is 1.10. The monoisotopic (exact) mass is 348 g/mol. The summed E-state index contributed by atoms with van der Waals surface area (Å²) in [4.78, 5) is 27.4. The Labute approximate surface area is 146 Å². The molecule has 0 radical (unpaired) electrons. The Morgan fingerprint density at radius 2 is 1.84 bits per heavy atom. The van der Waals surface area contributed by atoms with Crippen molar-refractivity contribution in [3.05, 3.63) is 17.8 Å². The molecule has 2 fully saturated rings. The number of hydrogen-bond donors (Lipinski definition) is 1. The summed E-state index contributed by atoms with van der Waals surface area (Å²) in [5, 5.41) is 17.3. The molecule has 2 atom stereocenters. The number of nitrogens with zero attached hydrogens (tertiary/aromatic N) is 4. The van der Waals surface area contributed by atoms with Crippen LogP contribution in [0.1, 0.15) is 31.4 Å². The lowest BCUT2D eigenvalue weighted by Gasteiger charge is -2.37. The second-order valence-electron chi connectivity index (χ2n) is 6.73. The molecule has 0 spiro atoms. The molecule has 8 heteroatoms. The van der Waals surface area contributed by atoms with Crippen LogP contribution in [0.15, 0.2) is 12.1 Å². The van der Waals surface area contributed by atoms with Gasteiger partial charge in [0.1, 0.15) is 6.10 Å². The lowest BCUT2D eigenvalue weighted by Crippen LogP contribution is -2.48. The Morgan fingerprint density at radius 1 is 1.16 bits per heavy atom. The predicted molar refractivity (Wildman–Crippen MR) is 90.3 cm³/mol. The molecule has 2 aliphatic heterocycles. The Bertz CT molecular complexity index is 628. The molecular weight excluding hydrogens is 324 g/mol. The number of aliphatic carboxylic acids is 1. The van der Waals surface area contributed by atoms with E-state index in [4.69, 9.17) is 9.84 Å². The van der Waals surface area contributed by atoms with Crippen molar-refractivity contribution in [2.45, 2.75) is 50.9 Å². The maximum absolute atomic E-state index is 12.5. The van der Waals surface area contributed by atoms with Crippen LogP contribution in [0.4, 0.5) is 5.82 Å². The molecular formula is C17H24N4O4. The van der Waals surface area contributed by atoms with E-state index in [1.807, 2.05) is 26.1 Å². The highest BCUT2D eigenvalue weighted by Gasteiger charge is 2.38. The molecule has 1 aromatic rings. The van der Waals surface area contributed by atoms with E-state index in [1.54, 1.807) is 4.90 Å². The van der Waals surface area contributed by atoms with Crippen molar-refractivity contribution < 1.29 is 19.4 Å². The number of likely N-dealkylation sites (tertiary alicyclic amines) is 1. The second-order valence-corrected chi connectivity index (χ2v) is 6.73. The lowest BCUT2D eigenvalue weighted by atomic mass is 10.0. The van der Waals surface area contributed by atoms with Crippen LogP contribution in [0.3, 0.4) is 0 Å². The van der Waals surface area contributed by atoms with E-state index in [9.17, 15) is 9.59 Å². The molecule has 25 heavy (non-hydrogen) atoms. The van der Waals surface area contributed by atoms with Gasteiger partial charge in [0.25, 0.3) is 5.91 Å². The molecule has 2 aliphatic rings. The number of aromatic nitrogens is 2. The number of carbonyl (C=O) groups is 2. The van der Waals surface area contributed by atoms with E-state index in [1.165, 1.54) is 0 Å². The summed E-state index contributed by atoms with van der Waals surface area (Å²) in [6.45, 7) is 3.19. The van der Waals surface area contributed by atoms with Gasteiger partial charge in [0.05, 0.1) is 5.69 Å². The molecule has 136 valence electrons. The van der Waals surface area contributed by atoms with E-state index in [2.05, 4.69) is 15.1 Å². The summed E-state index contributed by atoms with van der Waals surface area (Å²) in [5.74, 6) is -0.242. The first-order valence-electron chi connectivity index (χ1n) is 8.66. The van der Waals surface area contributed by atoms with Crippen LogP contribution in [0.25, 0.3) is 0 Å². The van der Waals surface area contributed by atoms with Gasteiger partial charge in [0.15, 0.2) is 11.9 Å². The summed E-state index contributed by atoms with van der Waals surface area (Å²) >= 11 is 0. The zero-order chi connectivity index (χ0) is 18.0. The third kappa shape index (κ3) is 3.89. The number of amides is 1. The molecule has 3 heterocycles. The number of aryl methyl sites for hydroxylation is 1. The van der Waals surface area contributed by atoms with Crippen molar-refractivity contribution >= 4 is 17.7 Å². The SMILES string of the molecule is Cc1ccc(N(C)C2CCN(C(=O)[C@@H]3CC[C@H](C(=O)O)O3)CC2)nn1. The van der Waals surface area contributed by atoms with Gasteiger partial charge in [0, 0.05) is 26.2 Å². The first-order valence-corrected chi connectivity index (χ1v) is 8.66. The molecule has 1 aromatic heterocycles. The number of carbonyl (C=O) groups excluding carboxylic acids is 1. The van der Waals surface area contributed by atoms with Gasteiger partial charge in [-0.15, -0.1) is 5.10 Å². The van der Waals surface area contributed by atoms with Crippen molar-refractivity contribution in [2.24, 2.45) is 0 Å². The van der Waals surface area contributed by atoms with E-state index in [0.29, 0.717) is 32.0 Å². The average Bonchev–Trinajstić information content (AvgIpc) is 3.12. The molecule has 1 amide bonds. The average molecular weight is 348 g/mol. The smallest absolute Gasteiger partial charge is 0.332 e. The highest BCUT2D eigenvalue weighted by Crippen LogP contribution is 2.25. The van der Waals surface area contributed by atoms with Crippen molar-refractivity contribution in [1.29, 1.82) is 0 Å². The van der Waals surface area contributed by atoms with Crippen LogP contribution in [0, 0.1) is 6.92 Å². The van der Waals surface area contributed by atoms with E-state index in [-0.39, 0.29) is 5.91 Å². The Morgan fingerprint density at radius 3 is 2.40 bits per heavy atom. The van der Waals surface area contributed by atoms with Gasteiger partial charge in [-0.3, -0.25) is 4.79 Å². The minimum Gasteiger partial charge on any atom is -0.479 e. The maximum atomic E-state index is 12.5. The zero-order valence-corrected chi connectivity index (χ0v) is 14.6. The zero-order valence-electron chi connectivity index (χ0n) is 14.6. The highest BCUT2D eigenvalue weighted by atomic mass is 16.5. The largest absolute Gasteiger partial charge is 0.479 e. The molecule has 0 unspecified atom stereocenters. The minimum absolute atomic E-state index is 0.0834.